The highest BCUT2D eigenvalue weighted by Crippen LogP contribution is 2.30. The largest absolute Gasteiger partial charge is 0.490 e. The number of carbonyl (C=O) groups is 2. The molecule has 6 nitrogen and oxygen atoms in total. The van der Waals surface area contributed by atoms with Crippen LogP contribution in [0.2, 0.25) is 10.0 Å². The highest BCUT2D eigenvalue weighted by Gasteiger charge is 2.16. The third kappa shape index (κ3) is 5.80. The van der Waals surface area contributed by atoms with Gasteiger partial charge in [-0.25, -0.2) is 10.2 Å². The van der Waals surface area contributed by atoms with E-state index in [0.717, 1.165) is 10.8 Å². The van der Waals surface area contributed by atoms with E-state index in [4.69, 9.17) is 32.7 Å². The summed E-state index contributed by atoms with van der Waals surface area (Å²) >= 11 is 12.0. The van der Waals surface area contributed by atoms with Gasteiger partial charge in [-0.05, 0) is 65.7 Å². The number of hydrogen-bond donors (Lipinski definition) is 1. The van der Waals surface area contributed by atoms with E-state index in [1.165, 1.54) is 18.3 Å². The van der Waals surface area contributed by atoms with Crippen LogP contribution in [0.15, 0.2) is 84.0 Å². The second kappa shape index (κ2) is 11.0. The van der Waals surface area contributed by atoms with Crippen molar-refractivity contribution in [2.45, 2.75) is 6.92 Å². The minimum atomic E-state index is -0.642. The number of hydrogen-bond acceptors (Lipinski definition) is 5. The molecule has 4 rings (SSSR count). The fourth-order valence-corrected chi connectivity index (χ4v) is 3.90. The first kappa shape index (κ1) is 24.3. The molecule has 0 fully saturated rings. The van der Waals surface area contributed by atoms with Crippen LogP contribution in [0.25, 0.3) is 10.8 Å². The Kier molecular flexibility index (Phi) is 7.65. The lowest BCUT2D eigenvalue weighted by Crippen LogP contribution is -2.17. The molecule has 0 heterocycles. The van der Waals surface area contributed by atoms with Crippen LogP contribution in [0.4, 0.5) is 0 Å². The van der Waals surface area contributed by atoms with Gasteiger partial charge in [0, 0.05) is 10.6 Å². The minimum absolute atomic E-state index is 0.181. The van der Waals surface area contributed by atoms with Gasteiger partial charge in [0.1, 0.15) is 0 Å². The summed E-state index contributed by atoms with van der Waals surface area (Å²) in [5.41, 5.74) is 3.89. The molecule has 1 N–H and O–H groups in total. The van der Waals surface area contributed by atoms with Gasteiger partial charge in [0.15, 0.2) is 11.5 Å². The number of esters is 1. The highest BCUT2D eigenvalue weighted by atomic mass is 35.5. The van der Waals surface area contributed by atoms with Crippen LogP contribution >= 0.6 is 23.2 Å². The molecule has 8 heteroatoms. The molecule has 35 heavy (non-hydrogen) atoms. The topological polar surface area (TPSA) is 77.0 Å². The average Bonchev–Trinajstić information content (AvgIpc) is 2.85. The molecule has 0 bridgehead atoms. The molecule has 0 radical (unpaired) electrons. The van der Waals surface area contributed by atoms with Gasteiger partial charge in [0.25, 0.3) is 5.91 Å². The first-order valence-corrected chi connectivity index (χ1v) is 11.5. The predicted molar refractivity (Wildman–Crippen MR) is 138 cm³/mol. The Morgan fingerprint density at radius 2 is 1.71 bits per heavy atom. The monoisotopic (exact) mass is 506 g/mol. The molecule has 4 aromatic carbocycles. The van der Waals surface area contributed by atoms with Crippen LogP contribution in [0, 0.1) is 0 Å². The Morgan fingerprint density at radius 3 is 2.51 bits per heavy atom. The maximum Gasteiger partial charge on any atom is 0.345 e. The van der Waals surface area contributed by atoms with Crippen molar-refractivity contribution in [2.75, 3.05) is 6.61 Å². The van der Waals surface area contributed by atoms with E-state index in [1.807, 2.05) is 43.3 Å². The summed E-state index contributed by atoms with van der Waals surface area (Å²) in [5, 5.41) is 6.48. The van der Waals surface area contributed by atoms with Crippen molar-refractivity contribution >= 4 is 52.1 Å². The summed E-state index contributed by atoms with van der Waals surface area (Å²) in [4.78, 5) is 25.2. The molecule has 0 saturated heterocycles. The van der Waals surface area contributed by atoms with E-state index in [-0.39, 0.29) is 22.2 Å². The quantitative estimate of drug-likeness (QED) is 0.134. The Hall–Kier alpha value is -3.87. The third-order valence-corrected chi connectivity index (χ3v) is 5.58. The molecular formula is C27H20Cl2N2O4. The summed E-state index contributed by atoms with van der Waals surface area (Å²) in [7, 11) is 0. The van der Waals surface area contributed by atoms with Crippen LogP contribution in [0.3, 0.4) is 0 Å². The van der Waals surface area contributed by atoms with Gasteiger partial charge >= 0.3 is 5.97 Å². The molecule has 0 aliphatic carbocycles. The molecule has 0 atom stereocenters. The Bertz CT molecular complexity index is 1430. The smallest absolute Gasteiger partial charge is 0.345 e. The van der Waals surface area contributed by atoms with Crippen molar-refractivity contribution in [3.63, 3.8) is 0 Å². The number of nitrogens with zero attached hydrogens (tertiary/aromatic N) is 1. The number of halogens is 2. The maximum absolute atomic E-state index is 12.7. The van der Waals surface area contributed by atoms with Crippen LogP contribution in [-0.4, -0.2) is 24.7 Å². The van der Waals surface area contributed by atoms with Gasteiger partial charge < -0.3 is 9.47 Å². The summed E-state index contributed by atoms with van der Waals surface area (Å²) in [6.07, 6.45) is 1.48. The van der Waals surface area contributed by atoms with E-state index in [0.29, 0.717) is 28.5 Å². The zero-order valence-corrected chi connectivity index (χ0v) is 20.1. The molecule has 176 valence electrons. The molecule has 1 amide bonds. The molecular weight excluding hydrogens is 487 g/mol. The second-order valence-corrected chi connectivity index (χ2v) is 8.22. The first-order chi connectivity index (χ1) is 17.0. The highest BCUT2D eigenvalue weighted by molar-refractivity contribution is 6.36. The summed E-state index contributed by atoms with van der Waals surface area (Å²) in [5.74, 6) is -0.403. The van der Waals surface area contributed by atoms with E-state index >= 15 is 0 Å². The van der Waals surface area contributed by atoms with Gasteiger partial charge in [-0.1, -0.05) is 59.6 Å². The number of amides is 1. The van der Waals surface area contributed by atoms with Crippen molar-refractivity contribution in [1.82, 2.24) is 5.43 Å². The standard InChI is InChI=1S/C27H20Cl2N2O4/c1-2-34-25-14-17(10-13-24(25)35-27(33)22-12-11-19(28)15-23(22)29)16-30-31-26(32)21-9-5-7-18-6-3-4-8-20(18)21/h3-16H,2H2,1H3,(H,31,32)/b30-16-. The number of carbonyl (C=O) groups excluding carboxylic acids is 2. The second-order valence-electron chi connectivity index (χ2n) is 7.38. The number of hydrazone groups is 1. The Morgan fingerprint density at radius 1 is 0.914 bits per heavy atom. The molecule has 0 unspecified atom stereocenters. The molecule has 4 aromatic rings. The SMILES string of the molecule is CCOc1cc(/C=N\NC(=O)c2cccc3ccccc23)ccc1OC(=O)c1ccc(Cl)cc1Cl. The van der Waals surface area contributed by atoms with Crippen molar-refractivity contribution in [1.29, 1.82) is 0 Å². The van der Waals surface area contributed by atoms with E-state index in [9.17, 15) is 9.59 Å². The molecule has 0 spiro atoms. The summed E-state index contributed by atoms with van der Waals surface area (Å²) in [6.45, 7) is 2.16. The molecule has 0 aliphatic rings. The number of rotatable bonds is 7. The van der Waals surface area contributed by atoms with Gasteiger partial charge in [0.2, 0.25) is 0 Å². The van der Waals surface area contributed by atoms with Crippen LogP contribution in [-0.2, 0) is 0 Å². The average molecular weight is 507 g/mol. The fourth-order valence-electron chi connectivity index (χ4n) is 3.42. The number of benzene rings is 4. The molecule has 0 saturated carbocycles. The lowest BCUT2D eigenvalue weighted by Gasteiger charge is -2.12. The number of fused-ring (bicyclic) bond motifs is 1. The van der Waals surface area contributed by atoms with Crippen molar-refractivity contribution in [3.8, 4) is 11.5 Å². The first-order valence-electron chi connectivity index (χ1n) is 10.7. The van der Waals surface area contributed by atoms with Crippen molar-refractivity contribution in [2.24, 2.45) is 5.10 Å². The lowest BCUT2D eigenvalue weighted by atomic mass is 10.0. The van der Waals surface area contributed by atoms with E-state index in [2.05, 4.69) is 10.5 Å². The van der Waals surface area contributed by atoms with E-state index < -0.39 is 5.97 Å². The number of nitrogens with one attached hydrogen (secondary N) is 1. The van der Waals surface area contributed by atoms with Gasteiger partial charge in [0.05, 0.1) is 23.4 Å². The Labute approximate surface area is 212 Å². The lowest BCUT2D eigenvalue weighted by molar-refractivity contribution is 0.0728. The number of ether oxygens (including phenoxy) is 2. The van der Waals surface area contributed by atoms with Gasteiger partial charge in [-0.15, -0.1) is 0 Å². The van der Waals surface area contributed by atoms with Crippen LogP contribution < -0.4 is 14.9 Å². The third-order valence-electron chi connectivity index (χ3n) is 5.04. The van der Waals surface area contributed by atoms with Gasteiger partial charge in [-0.2, -0.15) is 5.10 Å². The summed E-state index contributed by atoms with van der Waals surface area (Å²) < 4.78 is 11.1. The van der Waals surface area contributed by atoms with E-state index in [1.54, 1.807) is 30.3 Å². The van der Waals surface area contributed by atoms with Crippen molar-refractivity contribution in [3.05, 3.63) is 106 Å². The van der Waals surface area contributed by atoms with Crippen molar-refractivity contribution < 1.29 is 19.1 Å². The Balaban J connectivity index is 1.49. The molecule has 0 aromatic heterocycles. The van der Waals surface area contributed by atoms with Gasteiger partial charge in [-0.3, -0.25) is 4.79 Å². The minimum Gasteiger partial charge on any atom is -0.490 e. The fraction of sp³-hybridized carbons (Fsp3) is 0.0741. The molecule has 0 aliphatic heterocycles. The zero-order chi connectivity index (χ0) is 24.8. The normalized spacial score (nSPS) is 10.9. The predicted octanol–water partition coefficient (Wildman–Crippen LogP) is 6.53. The zero-order valence-electron chi connectivity index (χ0n) is 18.6. The summed E-state index contributed by atoms with van der Waals surface area (Å²) in [6, 6.07) is 22.6. The van der Waals surface area contributed by atoms with Crippen LogP contribution in [0.5, 0.6) is 11.5 Å². The van der Waals surface area contributed by atoms with Crippen LogP contribution in [0.1, 0.15) is 33.2 Å². The maximum atomic E-state index is 12.7.